The van der Waals surface area contributed by atoms with Gasteiger partial charge in [0.05, 0.1) is 12.1 Å². The van der Waals surface area contributed by atoms with Crippen LogP contribution in [0.2, 0.25) is 0 Å². The van der Waals surface area contributed by atoms with Crippen molar-refractivity contribution in [3.63, 3.8) is 0 Å². The van der Waals surface area contributed by atoms with Crippen molar-refractivity contribution in [3.8, 4) is 0 Å². The summed E-state index contributed by atoms with van der Waals surface area (Å²) >= 11 is 2.90. The summed E-state index contributed by atoms with van der Waals surface area (Å²) in [6.45, 7) is 0.415. The predicted octanol–water partition coefficient (Wildman–Crippen LogP) is 1.51. The van der Waals surface area contributed by atoms with E-state index in [2.05, 4.69) is 10.2 Å². The standard InChI is InChI=1S/C12H8N4O2S2/c17-10-9-8(3-5-20-9)16-11(13-14-12(16)18)15(10)6-7-2-1-4-19-7/h1-5H,6H2,(H,14,18). The Hall–Kier alpha value is -2.19. The number of nitrogens with one attached hydrogen (secondary N) is 1. The fourth-order valence-corrected chi connectivity index (χ4v) is 3.76. The summed E-state index contributed by atoms with van der Waals surface area (Å²) in [5, 5.41) is 10.2. The van der Waals surface area contributed by atoms with Crippen LogP contribution in [0.15, 0.2) is 38.5 Å². The van der Waals surface area contributed by atoms with Gasteiger partial charge >= 0.3 is 5.69 Å². The summed E-state index contributed by atoms with van der Waals surface area (Å²) in [7, 11) is 0. The van der Waals surface area contributed by atoms with Crippen LogP contribution in [0.25, 0.3) is 16.0 Å². The van der Waals surface area contributed by atoms with E-state index in [1.54, 1.807) is 22.8 Å². The SMILES string of the molecule is O=c1c2sccc2n2c(=O)[nH]nc2n1Cc1cccs1. The van der Waals surface area contributed by atoms with E-state index in [1.165, 1.54) is 20.3 Å². The van der Waals surface area contributed by atoms with Crippen molar-refractivity contribution in [1.29, 1.82) is 0 Å². The highest BCUT2D eigenvalue weighted by molar-refractivity contribution is 7.17. The number of hydrogen-bond acceptors (Lipinski definition) is 5. The Morgan fingerprint density at radius 3 is 2.90 bits per heavy atom. The van der Waals surface area contributed by atoms with E-state index in [0.717, 1.165) is 4.88 Å². The van der Waals surface area contributed by atoms with Crippen LogP contribution < -0.4 is 11.2 Å². The predicted molar refractivity (Wildman–Crippen MR) is 78.9 cm³/mol. The fourth-order valence-electron chi connectivity index (χ4n) is 2.24. The highest BCUT2D eigenvalue weighted by atomic mass is 32.1. The van der Waals surface area contributed by atoms with Crippen molar-refractivity contribution in [2.45, 2.75) is 6.54 Å². The normalized spacial score (nSPS) is 11.6. The van der Waals surface area contributed by atoms with Gasteiger partial charge in [-0.2, -0.15) is 0 Å². The second-order valence-electron chi connectivity index (χ2n) is 4.27. The summed E-state index contributed by atoms with van der Waals surface area (Å²) in [5.41, 5.74) is 0.161. The Bertz CT molecular complexity index is 1020. The average molecular weight is 304 g/mol. The Morgan fingerprint density at radius 2 is 2.10 bits per heavy atom. The van der Waals surface area contributed by atoms with Crippen LogP contribution in [0.4, 0.5) is 0 Å². The highest BCUT2D eigenvalue weighted by Crippen LogP contribution is 2.18. The minimum atomic E-state index is -0.330. The van der Waals surface area contributed by atoms with Crippen LogP contribution in [-0.4, -0.2) is 19.2 Å². The van der Waals surface area contributed by atoms with Crippen LogP contribution in [0, 0.1) is 0 Å². The van der Waals surface area contributed by atoms with Crippen molar-refractivity contribution < 1.29 is 0 Å². The summed E-state index contributed by atoms with van der Waals surface area (Å²) in [5.74, 6) is 0.347. The molecule has 8 heteroatoms. The van der Waals surface area contributed by atoms with Crippen molar-refractivity contribution in [2.75, 3.05) is 0 Å². The maximum atomic E-state index is 12.5. The summed E-state index contributed by atoms with van der Waals surface area (Å²) in [4.78, 5) is 25.5. The maximum absolute atomic E-state index is 12.5. The number of fused-ring (bicyclic) bond motifs is 3. The number of aromatic amines is 1. The molecule has 0 saturated carbocycles. The topological polar surface area (TPSA) is 72.2 Å². The molecule has 4 aromatic heterocycles. The van der Waals surface area contributed by atoms with Gasteiger partial charge in [0, 0.05) is 4.88 Å². The van der Waals surface area contributed by atoms with Gasteiger partial charge in [-0.1, -0.05) is 6.07 Å². The van der Waals surface area contributed by atoms with E-state index < -0.39 is 0 Å². The average Bonchev–Trinajstić information content (AvgIpc) is 3.14. The number of thiophene rings is 2. The number of H-pyrrole nitrogens is 1. The molecule has 0 bridgehead atoms. The summed E-state index contributed by atoms with van der Waals surface area (Å²) in [6, 6.07) is 5.65. The van der Waals surface area contributed by atoms with Gasteiger partial charge in [-0.05, 0) is 22.9 Å². The zero-order chi connectivity index (χ0) is 13.7. The van der Waals surface area contributed by atoms with Gasteiger partial charge in [0.15, 0.2) is 0 Å². The van der Waals surface area contributed by atoms with Gasteiger partial charge in [-0.25, -0.2) is 14.3 Å². The molecule has 0 radical (unpaired) electrons. The zero-order valence-corrected chi connectivity index (χ0v) is 11.7. The first-order chi connectivity index (χ1) is 9.75. The van der Waals surface area contributed by atoms with Gasteiger partial charge in [-0.3, -0.25) is 9.36 Å². The van der Waals surface area contributed by atoms with E-state index in [-0.39, 0.29) is 11.2 Å². The minimum absolute atomic E-state index is 0.116. The van der Waals surface area contributed by atoms with Crippen LogP contribution in [0.1, 0.15) is 4.88 Å². The molecule has 6 nitrogen and oxygen atoms in total. The second kappa shape index (κ2) is 4.15. The van der Waals surface area contributed by atoms with Crippen LogP contribution in [0.3, 0.4) is 0 Å². The molecule has 0 aliphatic heterocycles. The molecular formula is C12H8N4O2S2. The number of nitrogens with zero attached hydrogens (tertiary/aromatic N) is 3. The lowest BCUT2D eigenvalue weighted by atomic mass is 10.4. The van der Waals surface area contributed by atoms with Crippen LogP contribution in [0.5, 0.6) is 0 Å². The van der Waals surface area contributed by atoms with E-state index in [1.807, 2.05) is 17.5 Å². The first-order valence-electron chi connectivity index (χ1n) is 5.85. The molecule has 0 fully saturated rings. The molecule has 1 N–H and O–H groups in total. The molecule has 0 saturated heterocycles. The molecule has 4 aromatic rings. The van der Waals surface area contributed by atoms with Gasteiger partial charge in [0.1, 0.15) is 4.70 Å². The molecule has 0 amide bonds. The van der Waals surface area contributed by atoms with E-state index >= 15 is 0 Å². The minimum Gasteiger partial charge on any atom is -0.270 e. The summed E-state index contributed by atoms with van der Waals surface area (Å²) < 4.78 is 3.54. The Kier molecular flexibility index (Phi) is 2.41. The third kappa shape index (κ3) is 1.52. The number of hydrogen-bond donors (Lipinski definition) is 1. The van der Waals surface area contributed by atoms with E-state index in [4.69, 9.17) is 0 Å². The lowest BCUT2D eigenvalue weighted by Crippen LogP contribution is -2.24. The Morgan fingerprint density at radius 1 is 1.20 bits per heavy atom. The van der Waals surface area contributed by atoms with Crippen LogP contribution in [-0.2, 0) is 6.54 Å². The molecule has 0 aliphatic carbocycles. The van der Waals surface area contributed by atoms with Crippen molar-refractivity contribution in [2.24, 2.45) is 0 Å². The molecule has 4 heterocycles. The quantitative estimate of drug-likeness (QED) is 0.610. The van der Waals surface area contributed by atoms with E-state index in [9.17, 15) is 9.59 Å². The largest absolute Gasteiger partial charge is 0.349 e. The van der Waals surface area contributed by atoms with Gasteiger partial charge in [0.25, 0.3) is 5.56 Å². The number of aromatic nitrogens is 4. The molecule has 20 heavy (non-hydrogen) atoms. The van der Waals surface area contributed by atoms with Crippen molar-refractivity contribution in [3.05, 3.63) is 54.7 Å². The van der Waals surface area contributed by atoms with Gasteiger partial charge in [0.2, 0.25) is 5.78 Å². The highest BCUT2D eigenvalue weighted by Gasteiger charge is 2.15. The van der Waals surface area contributed by atoms with E-state index in [0.29, 0.717) is 22.5 Å². The summed E-state index contributed by atoms with van der Waals surface area (Å²) in [6.07, 6.45) is 0. The molecule has 100 valence electrons. The first-order valence-corrected chi connectivity index (χ1v) is 7.61. The Labute approximate surface area is 119 Å². The van der Waals surface area contributed by atoms with Crippen molar-refractivity contribution in [1.82, 2.24) is 19.2 Å². The Balaban J connectivity index is 2.14. The maximum Gasteiger partial charge on any atom is 0.349 e. The molecule has 0 aromatic carbocycles. The molecule has 4 rings (SSSR count). The van der Waals surface area contributed by atoms with Crippen LogP contribution >= 0.6 is 22.7 Å². The van der Waals surface area contributed by atoms with Gasteiger partial charge < -0.3 is 0 Å². The number of rotatable bonds is 2. The monoisotopic (exact) mass is 304 g/mol. The fraction of sp³-hybridized carbons (Fsp3) is 0.0833. The molecule has 0 atom stereocenters. The lowest BCUT2D eigenvalue weighted by Gasteiger charge is -2.06. The lowest BCUT2D eigenvalue weighted by molar-refractivity contribution is 0.777. The smallest absolute Gasteiger partial charge is 0.270 e. The van der Waals surface area contributed by atoms with Crippen molar-refractivity contribution >= 4 is 38.7 Å². The van der Waals surface area contributed by atoms with Gasteiger partial charge in [-0.15, -0.1) is 27.8 Å². The molecule has 0 unspecified atom stereocenters. The molecular weight excluding hydrogens is 296 g/mol. The second-order valence-corrected chi connectivity index (χ2v) is 6.22. The third-order valence-corrected chi connectivity index (χ3v) is 4.87. The molecule has 0 spiro atoms. The third-order valence-electron chi connectivity index (χ3n) is 3.11. The first kappa shape index (κ1) is 11.6. The molecule has 0 aliphatic rings. The zero-order valence-electron chi connectivity index (χ0n) is 10.1.